The number of imidazole rings is 1. The Morgan fingerprint density at radius 2 is 1.85 bits per heavy atom. The molecule has 0 saturated carbocycles. The quantitative estimate of drug-likeness (QED) is 0.720. The zero-order valence-corrected chi connectivity index (χ0v) is 14.8. The Labute approximate surface area is 157 Å². The Hall–Kier alpha value is -3.42. The van der Waals surface area contributed by atoms with E-state index in [1.807, 2.05) is 47.2 Å². The summed E-state index contributed by atoms with van der Waals surface area (Å²) in [5, 5.41) is 11.8. The zero-order valence-electron chi connectivity index (χ0n) is 14.8. The van der Waals surface area contributed by atoms with Crippen LogP contribution in [0.5, 0.6) is 0 Å². The van der Waals surface area contributed by atoms with Gasteiger partial charge in [-0.05, 0) is 49.2 Å². The topological polar surface area (TPSA) is 102 Å². The van der Waals surface area contributed by atoms with Crippen LogP contribution in [0.15, 0.2) is 55.1 Å². The van der Waals surface area contributed by atoms with Crippen molar-refractivity contribution in [3.05, 3.63) is 55.1 Å². The van der Waals surface area contributed by atoms with E-state index >= 15 is 0 Å². The molecule has 8 heteroatoms. The number of aromatic nitrogens is 4. The highest BCUT2D eigenvalue weighted by Gasteiger charge is 2.23. The average molecular weight is 363 g/mol. The van der Waals surface area contributed by atoms with Gasteiger partial charge in [-0.15, -0.1) is 10.2 Å². The van der Waals surface area contributed by atoms with Gasteiger partial charge < -0.3 is 20.5 Å². The minimum Gasteiger partial charge on any atom is -0.369 e. The van der Waals surface area contributed by atoms with Crippen molar-refractivity contribution in [3.63, 3.8) is 0 Å². The van der Waals surface area contributed by atoms with E-state index in [9.17, 15) is 4.79 Å². The Kier molecular flexibility index (Phi) is 4.69. The van der Waals surface area contributed by atoms with Gasteiger partial charge in [0, 0.05) is 42.8 Å². The molecule has 1 saturated heterocycles. The molecule has 1 aliphatic rings. The highest BCUT2D eigenvalue weighted by atomic mass is 16.1. The second kappa shape index (κ2) is 7.45. The molecule has 0 aliphatic carbocycles. The predicted molar refractivity (Wildman–Crippen MR) is 103 cm³/mol. The predicted octanol–water partition coefficient (Wildman–Crippen LogP) is 2.11. The molecule has 0 unspecified atom stereocenters. The minimum absolute atomic E-state index is 0.0274. The molecular weight excluding hydrogens is 342 g/mol. The van der Waals surface area contributed by atoms with Crippen molar-refractivity contribution >= 4 is 23.2 Å². The van der Waals surface area contributed by atoms with E-state index in [-0.39, 0.29) is 11.8 Å². The van der Waals surface area contributed by atoms with Gasteiger partial charge >= 0.3 is 0 Å². The fourth-order valence-corrected chi connectivity index (χ4v) is 3.23. The van der Waals surface area contributed by atoms with Gasteiger partial charge in [0.25, 0.3) is 0 Å². The lowest BCUT2D eigenvalue weighted by molar-refractivity contribution is -0.122. The Morgan fingerprint density at radius 1 is 1.07 bits per heavy atom. The van der Waals surface area contributed by atoms with E-state index < -0.39 is 0 Å². The van der Waals surface area contributed by atoms with Gasteiger partial charge in [-0.25, -0.2) is 4.98 Å². The fourth-order valence-electron chi connectivity index (χ4n) is 3.23. The van der Waals surface area contributed by atoms with Crippen molar-refractivity contribution in [2.45, 2.75) is 12.8 Å². The van der Waals surface area contributed by atoms with Crippen LogP contribution >= 0.6 is 0 Å². The molecule has 138 valence electrons. The average Bonchev–Trinajstić information content (AvgIpc) is 3.24. The van der Waals surface area contributed by atoms with Crippen LogP contribution in [0.1, 0.15) is 12.8 Å². The molecule has 0 bridgehead atoms. The Bertz CT molecular complexity index is 883. The lowest BCUT2D eigenvalue weighted by Gasteiger charge is -2.31. The van der Waals surface area contributed by atoms with E-state index in [1.165, 1.54) is 0 Å². The summed E-state index contributed by atoms with van der Waals surface area (Å²) in [4.78, 5) is 17.5. The van der Waals surface area contributed by atoms with Crippen molar-refractivity contribution < 1.29 is 4.79 Å². The van der Waals surface area contributed by atoms with Gasteiger partial charge in [-0.2, -0.15) is 0 Å². The highest BCUT2D eigenvalue weighted by molar-refractivity contribution is 5.77. The summed E-state index contributed by atoms with van der Waals surface area (Å²) in [6, 6.07) is 11.8. The number of primary amides is 1. The van der Waals surface area contributed by atoms with Crippen LogP contribution in [0.4, 0.5) is 17.3 Å². The summed E-state index contributed by atoms with van der Waals surface area (Å²) in [5.41, 5.74) is 7.36. The maximum absolute atomic E-state index is 11.3. The monoisotopic (exact) mass is 363 g/mol. The number of anilines is 3. The number of carbonyl (C=O) groups excluding carboxylic acids is 1. The molecule has 1 fully saturated rings. The first-order valence-electron chi connectivity index (χ1n) is 8.92. The highest BCUT2D eigenvalue weighted by Crippen LogP contribution is 2.22. The normalized spacial score (nSPS) is 14.9. The molecule has 3 heterocycles. The minimum atomic E-state index is -0.209. The van der Waals surface area contributed by atoms with Gasteiger partial charge in [-0.1, -0.05) is 0 Å². The standard InChI is InChI=1S/C19H21N7O/c20-19(27)14-7-10-25(11-8-14)18-6-5-17(23-24-18)22-15-1-3-16(4-2-15)26-12-9-21-13-26/h1-6,9,12-14H,7-8,10-11H2,(H2,20,27)(H,22,23). The molecule has 1 aromatic carbocycles. The zero-order chi connectivity index (χ0) is 18.6. The van der Waals surface area contributed by atoms with Crippen LogP contribution in [-0.2, 0) is 4.79 Å². The number of hydrogen-bond donors (Lipinski definition) is 2. The lowest BCUT2D eigenvalue weighted by atomic mass is 9.96. The fraction of sp³-hybridized carbons (Fsp3) is 0.263. The summed E-state index contributed by atoms with van der Waals surface area (Å²) in [5.74, 6) is 1.26. The third-order valence-corrected chi connectivity index (χ3v) is 4.81. The molecule has 8 nitrogen and oxygen atoms in total. The van der Waals surface area contributed by atoms with Gasteiger partial charge in [0.1, 0.15) is 0 Å². The summed E-state index contributed by atoms with van der Waals surface area (Å²) >= 11 is 0. The van der Waals surface area contributed by atoms with Gasteiger partial charge in [0.05, 0.1) is 6.33 Å². The van der Waals surface area contributed by atoms with Crippen molar-refractivity contribution in [1.82, 2.24) is 19.7 Å². The van der Waals surface area contributed by atoms with E-state index in [4.69, 9.17) is 5.73 Å². The van der Waals surface area contributed by atoms with Crippen molar-refractivity contribution in [3.8, 4) is 5.69 Å². The number of carbonyl (C=O) groups is 1. The maximum atomic E-state index is 11.3. The number of nitrogens with one attached hydrogen (secondary N) is 1. The van der Waals surface area contributed by atoms with E-state index in [1.54, 1.807) is 12.5 Å². The number of nitrogens with two attached hydrogens (primary N) is 1. The Balaban J connectivity index is 1.37. The number of hydrogen-bond acceptors (Lipinski definition) is 6. The second-order valence-corrected chi connectivity index (χ2v) is 6.58. The van der Waals surface area contributed by atoms with Crippen LogP contribution in [0.3, 0.4) is 0 Å². The smallest absolute Gasteiger partial charge is 0.220 e. The van der Waals surface area contributed by atoms with E-state index in [0.29, 0.717) is 5.82 Å². The van der Waals surface area contributed by atoms with E-state index in [2.05, 4.69) is 25.4 Å². The van der Waals surface area contributed by atoms with Crippen LogP contribution < -0.4 is 16.0 Å². The first-order valence-corrected chi connectivity index (χ1v) is 8.92. The molecule has 3 aromatic rings. The first kappa shape index (κ1) is 17.0. The van der Waals surface area contributed by atoms with Gasteiger partial charge in [0.15, 0.2) is 11.6 Å². The number of amides is 1. The van der Waals surface area contributed by atoms with Crippen molar-refractivity contribution in [1.29, 1.82) is 0 Å². The lowest BCUT2D eigenvalue weighted by Crippen LogP contribution is -2.39. The third-order valence-electron chi connectivity index (χ3n) is 4.81. The van der Waals surface area contributed by atoms with Crippen LogP contribution in [0.2, 0.25) is 0 Å². The van der Waals surface area contributed by atoms with Gasteiger partial charge in [-0.3, -0.25) is 4.79 Å². The van der Waals surface area contributed by atoms with Crippen molar-refractivity contribution in [2.75, 3.05) is 23.3 Å². The van der Waals surface area contributed by atoms with Crippen LogP contribution in [-0.4, -0.2) is 38.7 Å². The number of nitrogens with zero attached hydrogens (tertiary/aromatic N) is 5. The van der Waals surface area contributed by atoms with Gasteiger partial charge in [0.2, 0.25) is 5.91 Å². The molecule has 0 atom stereocenters. The molecule has 27 heavy (non-hydrogen) atoms. The summed E-state index contributed by atoms with van der Waals surface area (Å²) in [7, 11) is 0. The first-order chi connectivity index (χ1) is 13.2. The number of benzene rings is 1. The molecule has 1 aliphatic heterocycles. The number of rotatable bonds is 5. The van der Waals surface area contributed by atoms with Crippen LogP contribution in [0.25, 0.3) is 5.69 Å². The Morgan fingerprint density at radius 3 is 2.44 bits per heavy atom. The molecule has 2 aromatic heterocycles. The molecular formula is C19H21N7O. The SMILES string of the molecule is NC(=O)C1CCN(c2ccc(Nc3ccc(-n4ccnc4)cc3)nn2)CC1. The largest absolute Gasteiger partial charge is 0.369 e. The van der Waals surface area contributed by atoms with Crippen LogP contribution in [0, 0.1) is 5.92 Å². The molecule has 1 amide bonds. The third kappa shape index (κ3) is 3.89. The molecule has 0 spiro atoms. The summed E-state index contributed by atoms with van der Waals surface area (Å²) in [6.07, 6.45) is 6.94. The molecule has 0 radical (unpaired) electrons. The molecule has 4 rings (SSSR count). The summed E-state index contributed by atoms with van der Waals surface area (Å²) < 4.78 is 1.94. The van der Waals surface area contributed by atoms with Crippen molar-refractivity contribution in [2.24, 2.45) is 11.7 Å². The van der Waals surface area contributed by atoms with E-state index in [0.717, 1.165) is 43.1 Å². The second-order valence-electron chi connectivity index (χ2n) is 6.58. The number of piperidine rings is 1. The summed E-state index contributed by atoms with van der Waals surface area (Å²) in [6.45, 7) is 1.54. The maximum Gasteiger partial charge on any atom is 0.220 e. The molecule has 3 N–H and O–H groups in total.